The van der Waals surface area contributed by atoms with Crippen molar-refractivity contribution in [1.29, 1.82) is 0 Å². The lowest BCUT2D eigenvalue weighted by Gasteiger charge is -2.02. The number of aromatic nitrogens is 5. The Morgan fingerprint density at radius 2 is 2.11 bits per heavy atom. The van der Waals surface area contributed by atoms with Gasteiger partial charge in [0.15, 0.2) is 9.60 Å². The Hall–Kier alpha value is -2.91. The van der Waals surface area contributed by atoms with E-state index in [1.807, 2.05) is 24.3 Å². The maximum Gasteiger partial charge on any atom is 0.273 e. The van der Waals surface area contributed by atoms with Crippen molar-refractivity contribution in [3.63, 3.8) is 0 Å². The summed E-state index contributed by atoms with van der Waals surface area (Å²) < 4.78 is 9.66. The van der Waals surface area contributed by atoms with E-state index in [1.165, 1.54) is 27.8 Å². The van der Waals surface area contributed by atoms with Crippen molar-refractivity contribution >= 4 is 33.9 Å². The topological polar surface area (TPSA) is 78.7 Å². The summed E-state index contributed by atoms with van der Waals surface area (Å²) in [4.78, 5) is 21.6. The Balaban J connectivity index is 1.64. The second kappa shape index (κ2) is 7.61. The van der Waals surface area contributed by atoms with Gasteiger partial charge in [0.1, 0.15) is 17.6 Å². The lowest BCUT2D eigenvalue weighted by molar-refractivity contribution is 0.369. The predicted molar refractivity (Wildman–Crippen MR) is 111 cm³/mol. The summed E-state index contributed by atoms with van der Waals surface area (Å²) in [5.41, 5.74) is 2.49. The molecule has 0 fully saturated rings. The van der Waals surface area contributed by atoms with Gasteiger partial charge in [0.05, 0.1) is 0 Å². The summed E-state index contributed by atoms with van der Waals surface area (Å²) >= 11 is 6.57. The highest BCUT2D eigenvalue weighted by Crippen LogP contribution is 2.19. The first-order valence-corrected chi connectivity index (χ1v) is 9.94. The summed E-state index contributed by atoms with van der Waals surface area (Å²) in [5, 5.41) is 4.02. The third-order valence-corrected chi connectivity index (χ3v) is 5.78. The fraction of sp³-hybridized carbons (Fsp3) is 0.211. The standard InChI is InChI=1S/C19H17N5O2S2/c1-3-9-24-17-15(28-19(24)27)18(25)23(11-20-17)10-14-21-16(22-26-14)13-7-5-12(4-2)6-8-13/h3,5-8,11H,1,4,9-10H2,2H3. The normalized spacial score (nSPS) is 11.2. The minimum absolute atomic E-state index is 0.147. The van der Waals surface area contributed by atoms with E-state index in [0.29, 0.717) is 32.6 Å². The van der Waals surface area contributed by atoms with Gasteiger partial charge in [-0.25, -0.2) is 4.98 Å². The molecule has 9 heteroatoms. The minimum Gasteiger partial charge on any atom is -0.337 e. The molecule has 3 heterocycles. The monoisotopic (exact) mass is 411 g/mol. The molecule has 142 valence electrons. The average molecular weight is 412 g/mol. The largest absolute Gasteiger partial charge is 0.337 e. The van der Waals surface area contributed by atoms with E-state index in [-0.39, 0.29) is 12.1 Å². The second-order valence-corrected chi connectivity index (χ2v) is 7.80. The Morgan fingerprint density at radius 3 is 2.82 bits per heavy atom. The lowest BCUT2D eigenvalue weighted by Crippen LogP contribution is -2.21. The fourth-order valence-corrected chi connectivity index (χ4v) is 4.16. The molecule has 4 rings (SSSR count). The number of aryl methyl sites for hydroxylation is 1. The van der Waals surface area contributed by atoms with Gasteiger partial charge in [-0.15, -0.1) is 6.58 Å². The molecule has 4 aromatic rings. The van der Waals surface area contributed by atoms with Gasteiger partial charge in [0.25, 0.3) is 5.56 Å². The van der Waals surface area contributed by atoms with E-state index in [1.54, 1.807) is 10.6 Å². The zero-order valence-corrected chi connectivity index (χ0v) is 16.8. The van der Waals surface area contributed by atoms with E-state index in [0.717, 1.165) is 12.0 Å². The van der Waals surface area contributed by atoms with Crippen molar-refractivity contribution in [3.8, 4) is 11.4 Å². The van der Waals surface area contributed by atoms with Crippen molar-refractivity contribution < 1.29 is 4.52 Å². The van der Waals surface area contributed by atoms with Crippen LogP contribution in [0.25, 0.3) is 21.7 Å². The Labute approximate surface area is 169 Å². The minimum atomic E-state index is -0.184. The van der Waals surface area contributed by atoms with Crippen molar-refractivity contribution in [2.75, 3.05) is 0 Å². The molecule has 0 aliphatic heterocycles. The summed E-state index contributed by atoms with van der Waals surface area (Å²) in [6.45, 7) is 6.48. The third-order valence-electron chi connectivity index (χ3n) is 4.35. The molecular formula is C19H17N5O2S2. The molecular weight excluding hydrogens is 394 g/mol. The number of rotatable bonds is 6. The van der Waals surface area contributed by atoms with Crippen LogP contribution in [0.5, 0.6) is 0 Å². The predicted octanol–water partition coefficient (Wildman–Crippen LogP) is 3.84. The van der Waals surface area contributed by atoms with Gasteiger partial charge in [-0.05, 0) is 24.2 Å². The van der Waals surface area contributed by atoms with Gasteiger partial charge in [-0.3, -0.25) is 9.36 Å². The van der Waals surface area contributed by atoms with Crippen LogP contribution in [0.1, 0.15) is 18.4 Å². The quantitative estimate of drug-likeness (QED) is 0.354. The molecule has 0 spiro atoms. The molecule has 0 saturated heterocycles. The van der Waals surface area contributed by atoms with E-state index in [4.69, 9.17) is 16.7 Å². The van der Waals surface area contributed by atoms with Crippen LogP contribution in [0.4, 0.5) is 0 Å². The van der Waals surface area contributed by atoms with E-state index in [2.05, 4.69) is 28.6 Å². The smallest absolute Gasteiger partial charge is 0.273 e. The molecule has 0 aliphatic carbocycles. The van der Waals surface area contributed by atoms with Gasteiger partial charge < -0.3 is 9.09 Å². The van der Waals surface area contributed by atoms with Crippen LogP contribution in [0.15, 0.2) is 52.6 Å². The summed E-state index contributed by atoms with van der Waals surface area (Å²) in [6, 6.07) is 8.00. The van der Waals surface area contributed by atoms with Crippen LogP contribution in [-0.4, -0.2) is 24.3 Å². The first-order valence-electron chi connectivity index (χ1n) is 8.72. The summed E-state index contributed by atoms with van der Waals surface area (Å²) in [6.07, 6.45) is 4.17. The first-order chi connectivity index (χ1) is 13.6. The molecule has 0 atom stereocenters. The summed E-state index contributed by atoms with van der Waals surface area (Å²) in [7, 11) is 0. The first kappa shape index (κ1) is 18.5. The number of nitrogens with zero attached hydrogens (tertiary/aromatic N) is 5. The van der Waals surface area contributed by atoms with Crippen LogP contribution >= 0.6 is 23.6 Å². The van der Waals surface area contributed by atoms with Crippen LogP contribution in [-0.2, 0) is 19.5 Å². The highest BCUT2D eigenvalue weighted by atomic mass is 32.1. The lowest BCUT2D eigenvalue weighted by atomic mass is 10.1. The number of allylic oxidation sites excluding steroid dienone is 1. The molecule has 0 saturated carbocycles. The molecule has 7 nitrogen and oxygen atoms in total. The van der Waals surface area contributed by atoms with E-state index in [9.17, 15) is 4.79 Å². The second-order valence-electron chi connectivity index (χ2n) is 6.16. The van der Waals surface area contributed by atoms with Crippen molar-refractivity contribution in [2.45, 2.75) is 26.4 Å². The third kappa shape index (κ3) is 3.34. The number of hydrogen-bond acceptors (Lipinski definition) is 7. The highest BCUT2D eigenvalue weighted by molar-refractivity contribution is 7.73. The van der Waals surface area contributed by atoms with Gasteiger partial charge in [-0.2, -0.15) is 4.98 Å². The number of hydrogen-bond donors (Lipinski definition) is 0. The molecule has 0 N–H and O–H groups in total. The maximum atomic E-state index is 12.8. The van der Waals surface area contributed by atoms with Gasteiger partial charge in [0.2, 0.25) is 11.7 Å². The number of benzene rings is 1. The average Bonchev–Trinajstić information content (AvgIpc) is 3.30. The molecule has 0 bridgehead atoms. The number of thiazole rings is 1. The molecule has 3 aromatic heterocycles. The Morgan fingerprint density at radius 1 is 1.32 bits per heavy atom. The number of fused-ring (bicyclic) bond motifs is 1. The highest BCUT2D eigenvalue weighted by Gasteiger charge is 2.14. The van der Waals surface area contributed by atoms with Crippen LogP contribution in [0, 0.1) is 3.95 Å². The Kier molecular flexibility index (Phi) is 5.01. The van der Waals surface area contributed by atoms with E-state index >= 15 is 0 Å². The van der Waals surface area contributed by atoms with Crippen LogP contribution < -0.4 is 5.56 Å². The van der Waals surface area contributed by atoms with Crippen LogP contribution in [0.2, 0.25) is 0 Å². The molecule has 0 amide bonds. The molecule has 0 unspecified atom stereocenters. The van der Waals surface area contributed by atoms with E-state index < -0.39 is 0 Å². The summed E-state index contributed by atoms with van der Waals surface area (Å²) in [5.74, 6) is 0.833. The van der Waals surface area contributed by atoms with Crippen molar-refractivity contribution in [2.24, 2.45) is 0 Å². The zero-order chi connectivity index (χ0) is 19.7. The molecule has 28 heavy (non-hydrogen) atoms. The Bertz CT molecular complexity index is 1260. The zero-order valence-electron chi connectivity index (χ0n) is 15.2. The molecule has 0 aliphatic rings. The van der Waals surface area contributed by atoms with Gasteiger partial charge in [0, 0.05) is 12.1 Å². The van der Waals surface area contributed by atoms with Crippen molar-refractivity contribution in [1.82, 2.24) is 24.3 Å². The van der Waals surface area contributed by atoms with Crippen LogP contribution in [0.3, 0.4) is 0 Å². The fourth-order valence-electron chi connectivity index (χ4n) is 2.85. The SMILES string of the molecule is C=CCn1c(=S)sc2c(=O)n(Cc3nc(-c4ccc(CC)cc4)no3)cnc21. The van der Waals surface area contributed by atoms with Gasteiger partial charge in [-0.1, -0.05) is 53.8 Å². The van der Waals surface area contributed by atoms with Crippen molar-refractivity contribution in [3.05, 3.63) is 69.0 Å². The molecule has 0 radical (unpaired) electrons. The molecule has 1 aromatic carbocycles. The maximum absolute atomic E-state index is 12.8. The van der Waals surface area contributed by atoms with Gasteiger partial charge >= 0.3 is 0 Å².